The van der Waals surface area contributed by atoms with E-state index in [9.17, 15) is 19.5 Å². The number of nitrogens with zero attached hydrogens (tertiary/aromatic N) is 1. The van der Waals surface area contributed by atoms with Gasteiger partial charge in [0.1, 0.15) is 23.5 Å². The Morgan fingerprint density at radius 2 is 1.96 bits per heavy atom. The molecular formula is C18H22N4O4S. The summed E-state index contributed by atoms with van der Waals surface area (Å²) in [5.74, 6) is -1.76. The first-order valence-electron chi connectivity index (χ1n) is 8.99. The molecule has 3 aliphatic rings. The van der Waals surface area contributed by atoms with Gasteiger partial charge in [-0.25, -0.2) is 4.79 Å². The van der Waals surface area contributed by atoms with E-state index in [0.717, 1.165) is 13.1 Å². The highest BCUT2D eigenvalue weighted by Gasteiger charge is 2.67. The van der Waals surface area contributed by atoms with Crippen LogP contribution in [0.4, 0.5) is 0 Å². The molecule has 144 valence electrons. The van der Waals surface area contributed by atoms with Gasteiger partial charge in [0.15, 0.2) is 0 Å². The van der Waals surface area contributed by atoms with Crippen LogP contribution in [0.2, 0.25) is 0 Å². The molecule has 4 atom stereocenters. The summed E-state index contributed by atoms with van der Waals surface area (Å²) in [7, 11) is 0. The molecule has 3 fully saturated rings. The van der Waals surface area contributed by atoms with E-state index in [1.807, 2.05) is 6.07 Å². The fourth-order valence-corrected chi connectivity index (χ4v) is 6.14. The fraction of sp³-hybridized carbons (Fsp3) is 0.500. The van der Waals surface area contributed by atoms with Gasteiger partial charge in [0.25, 0.3) is 0 Å². The van der Waals surface area contributed by atoms with Crippen LogP contribution in [0.15, 0.2) is 30.3 Å². The number of carbonyl (C=O) groups excluding carboxylic acids is 2. The van der Waals surface area contributed by atoms with Gasteiger partial charge < -0.3 is 26.4 Å². The molecule has 9 heteroatoms. The first-order chi connectivity index (χ1) is 12.9. The van der Waals surface area contributed by atoms with Crippen molar-refractivity contribution in [3.05, 3.63) is 35.9 Å². The summed E-state index contributed by atoms with van der Waals surface area (Å²) >= 11 is 1.51. The zero-order chi connectivity index (χ0) is 19.2. The molecule has 0 aliphatic carbocycles. The fourth-order valence-electron chi connectivity index (χ4n) is 4.22. The maximum atomic E-state index is 12.7. The minimum Gasteiger partial charge on any atom is -0.480 e. The molecule has 0 radical (unpaired) electrons. The van der Waals surface area contributed by atoms with E-state index in [1.165, 1.54) is 16.7 Å². The van der Waals surface area contributed by atoms with Gasteiger partial charge in [0, 0.05) is 0 Å². The number of piperidine rings is 1. The number of β-lactam (4-membered cyclic amide) rings is 1. The summed E-state index contributed by atoms with van der Waals surface area (Å²) in [6.45, 7) is 1.45. The number of carboxylic acids is 1. The number of aliphatic carboxylic acids is 1. The summed E-state index contributed by atoms with van der Waals surface area (Å²) < 4.78 is -0.502. The van der Waals surface area contributed by atoms with Crippen molar-refractivity contribution >= 4 is 29.5 Å². The Labute approximate surface area is 160 Å². The van der Waals surface area contributed by atoms with Gasteiger partial charge in [0.2, 0.25) is 11.8 Å². The Morgan fingerprint density at radius 1 is 1.30 bits per heavy atom. The predicted octanol–water partition coefficient (Wildman–Crippen LogP) is -0.338. The molecule has 3 saturated heterocycles. The van der Waals surface area contributed by atoms with Crippen LogP contribution in [-0.4, -0.2) is 63.1 Å². The lowest BCUT2D eigenvalue weighted by atomic mass is 9.86. The third-order valence-electron chi connectivity index (χ3n) is 5.63. The monoisotopic (exact) mass is 390 g/mol. The number of fused-ring (bicyclic) bond motifs is 1. The van der Waals surface area contributed by atoms with Gasteiger partial charge in [0.05, 0.1) is 4.75 Å². The summed E-state index contributed by atoms with van der Waals surface area (Å²) in [6, 6.07) is 6.49. The molecule has 0 bridgehead atoms. The highest BCUT2D eigenvalue weighted by atomic mass is 32.2. The van der Waals surface area contributed by atoms with Gasteiger partial charge in [-0.05, 0) is 31.5 Å². The number of amides is 2. The van der Waals surface area contributed by atoms with E-state index >= 15 is 0 Å². The van der Waals surface area contributed by atoms with Crippen molar-refractivity contribution in [2.24, 2.45) is 5.73 Å². The Morgan fingerprint density at radius 3 is 2.59 bits per heavy atom. The Hall–Kier alpha value is -2.10. The van der Waals surface area contributed by atoms with Gasteiger partial charge in [-0.2, -0.15) is 0 Å². The summed E-state index contributed by atoms with van der Waals surface area (Å²) in [5, 5.41) is 15.4. The maximum Gasteiger partial charge on any atom is 0.327 e. The number of nitrogens with one attached hydrogen (secondary N) is 2. The summed E-state index contributed by atoms with van der Waals surface area (Å²) in [6.07, 6.45) is 1.36. The number of hydrogen-bond donors (Lipinski definition) is 4. The minimum absolute atomic E-state index is 0.344. The third-order valence-corrected chi connectivity index (χ3v) is 7.48. The van der Waals surface area contributed by atoms with E-state index in [4.69, 9.17) is 5.73 Å². The first-order valence-corrected chi connectivity index (χ1v) is 9.87. The van der Waals surface area contributed by atoms with Crippen LogP contribution in [-0.2, 0) is 14.4 Å². The van der Waals surface area contributed by atoms with E-state index < -0.39 is 34.7 Å². The van der Waals surface area contributed by atoms with E-state index in [2.05, 4.69) is 10.6 Å². The summed E-state index contributed by atoms with van der Waals surface area (Å²) in [4.78, 5) is 38.5. The molecular weight excluding hydrogens is 368 g/mol. The molecule has 3 unspecified atom stereocenters. The van der Waals surface area contributed by atoms with Crippen LogP contribution in [0.5, 0.6) is 0 Å². The van der Waals surface area contributed by atoms with Crippen LogP contribution >= 0.6 is 11.8 Å². The molecule has 0 aromatic heterocycles. The molecule has 5 N–H and O–H groups in total. The first kappa shape index (κ1) is 18.3. The van der Waals surface area contributed by atoms with E-state index in [0.29, 0.717) is 18.4 Å². The topological polar surface area (TPSA) is 125 Å². The molecule has 1 aromatic rings. The van der Waals surface area contributed by atoms with E-state index in [-0.39, 0.29) is 11.3 Å². The molecule has 2 amide bonds. The van der Waals surface area contributed by atoms with Crippen molar-refractivity contribution in [3.63, 3.8) is 0 Å². The highest BCUT2D eigenvalue weighted by Crippen LogP contribution is 2.54. The van der Waals surface area contributed by atoms with Gasteiger partial charge >= 0.3 is 5.97 Å². The number of hydrogen-bond acceptors (Lipinski definition) is 6. The highest BCUT2D eigenvalue weighted by molar-refractivity contribution is 8.01. The van der Waals surface area contributed by atoms with Crippen LogP contribution in [0.1, 0.15) is 24.4 Å². The Balaban J connectivity index is 1.50. The van der Waals surface area contributed by atoms with E-state index in [1.54, 1.807) is 24.3 Å². The number of nitrogens with two attached hydrogens (primary N) is 1. The van der Waals surface area contributed by atoms with Crippen LogP contribution in [0.25, 0.3) is 0 Å². The molecule has 3 heterocycles. The number of benzene rings is 1. The van der Waals surface area contributed by atoms with Gasteiger partial charge in [-0.3, -0.25) is 9.59 Å². The zero-order valence-corrected chi connectivity index (χ0v) is 15.4. The van der Waals surface area contributed by atoms with Gasteiger partial charge in [-0.15, -0.1) is 11.8 Å². The van der Waals surface area contributed by atoms with Crippen LogP contribution < -0.4 is 16.4 Å². The summed E-state index contributed by atoms with van der Waals surface area (Å²) in [5.41, 5.74) is 6.68. The predicted molar refractivity (Wildman–Crippen MR) is 99.8 cm³/mol. The lowest BCUT2D eigenvalue weighted by Gasteiger charge is -2.44. The molecule has 3 aliphatic heterocycles. The van der Waals surface area contributed by atoms with Crippen molar-refractivity contribution in [2.45, 2.75) is 41.1 Å². The quantitative estimate of drug-likeness (QED) is 0.519. The molecule has 4 rings (SSSR count). The number of carboxylic acid groups (broad SMARTS) is 1. The van der Waals surface area contributed by atoms with Crippen molar-refractivity contribution < 1.29 is 19.5 Å². The lowest BCUT2D eigenvalue weighted by Crippen LogP contribution is -2.71. The van der Waals surface area contributed by atoms with Gasteiger partial charge in [-0.1, -0.05) is 30.3 Å². The smallest absolute Gasteiger partial charge is 0.327 e. The maximum absolute atomic E-state index is 12.7. The van der Waals surface area contributed by atoms with Crippen molar-refractivity contribution in [3.8, 4) is 0 Å². The zero-order valence-electron chi connectivity index (χ0n) is 14.6. The van der Waals surface area contributed by atoms with Crippen molar-refractivity contribution in [1.82, 2.24) is 15.5 Å². The second-order valence-electron chi connectivity index (χ2n) is 7.18. The molecule has 1 aromatic carbocycles. The number of thioether (sulfide) groups is 1. The average molecular weight is 390 g/mol. The Bertz CT molecular complexity index is 768. The SMILES string of the molecule is NC(C(=O)NC1C(=O)N2C(C(=O)O)C3(CCNCC3)S[C@@H]12)c1ccccc1. The molecule has 1 spiro atoms. The third kappa shape index (κ3) is 2.90. The number of rotatable bonds is 4. The average Bonchev–Trinajstić information content (AvgIpc) is 2.97. The normalized spacial score (nSPS) is 29.7. The Kier molecular flexibility index (Phi) is 4.61. The second kappa shape index (κ2) is 6.81. The van der Waals surface area contributed by atoms with Crippen LogP contribution in [0, 0.1) is 0 Å². The molecule has 27 heavy (non-hydrogen) atoms. The molecule has 8 nitrogen and oxygen atoms in total. The minimum atomic E-state index is -0.981. The second-order valence-corrected chi connectivity index (χ2v) is 8.72. The largest absolute Gasteiger partial charge is 0.480 e. The van der Waals surface area contributed by atoms with Crippen molar-refractivity contribution in [2.75, 3.05) is 13.1 Å². The lowest BCUT2D eigenvalue weighted by molar-refractivity contribution is -0.161. The van der Waals surface area contributed by atoms with Crippen LogP contribution in [0.3, 0.4) is 0 Å². The standard InChI is InChI=1S/C18H22N4O4S/c19-11(10-4-2-1-3-5-10)14(23)21-12-15(24)22-13(17(25)26)18(27-16(12)22)6-8-20-9-7-18/h1-5,11-13,16,20H,6-9,19H2,(H,21,23)(H,25,26)/t11?,12?,13?,16-/m0/s1. The molecule has 0 saturated carbocycles. The number of carbonyl (C=O) groups is 3. The van der Waals surface area contributed by atoms with Crippen molar-refractivity contribution in [1.29, 1.82) is 0 Å².